The van der Waals surface area contributed by atoms with Gasteiger partial charge in [0.1, 0.15) is 5.82 Å². The molecule has 1 amide bonds. The van der Waals surface area contributed by atoms with E-state index in [9.17, 15) is 14.0 Å². The Kier molecular flexibility index (Phi) is 4.95. The van der Waals surface area contributed by atoms with E-state index in [2.05, 4.69) is 21.2 Å². The minimum Gasteiger partial charge on any atom is -0.481 e. The molecule has 0 aromatic heterocycles. The largest absolute Gasteiger partial charge is 0.481 e. The number of ether oxygens (including phenoxy) is 1. The van der Waals surface area contributed by atoms with E-state index in [1.807, 2.05) is 0 Å². The van der Waals surface area contributed by atoms with Gasteiger partial charge in [0.15, 0.2) is 0 Å². The lowest BCUT2D eigenvalue weighted by molar-refractivity contribution is -0.139. The first-order valence-corrected chi connectivity index (χ1v) is 7.24. The minimum absolute atomic E-state index is 0.0558. The highest BCUT2D eigenvalue weighted by molar-refractivity contribution is 9.10. The molecule has 0 bridgehead atoms. The van der Waals surface area contributed by atoms with Gasteiger partial charge in [-0.3, -0.25) is 9.59 Å². The van der Waals surface area contributed by atoms with Crippen LogP contribution in [0.1, 0.15) is 18.4 Å². The fourth-order valence-corrected chi connectivity index (χ4v) is 2.78. The fourth-order valence-electron chi connectivity index (χ4n) is 2.35. The van der Waals surface area contributed by atoms with E-state index in [0.29, 0.717) is 18.6 Å². The van der Waals surface area contributed by atoms with Crippen molar-refractivity contribution in [3.63, 3.8) is 0 Å². The monoisotopic (exact) mass is 359 g/mol. The molecule has 0 spiro atoms. The molecule has 1 aromatic carbocycles. The Hall–Kier alpha value is -1.47. The highest BCUT2D eigenvalue weighted by Gasteiger charge is 2.38. The summed E-state index contributed by atoms with van der Waals surface area (Å²) in [5.74, 6) is -1.68. The number of hydrogen-bond donors (Lipinski definition) is 2. The smallest absolute Gasteiger partial charge is 0.305 e. The molecule has 1 saturated heterocycles. The van der Waals surface area contributed by atoms with Crippen LogP contribution in [0.25, 0.3) is 0 Å². The van der Waals surface area contributed by atoms with E-state index in [0.717, 1.165) is 0 Å². The van der Waals surface area contributed by atoms with Crippen LogP contribution in [0, 0.1) is 5.82 Å². The third-order valence-electron chi connectivity index (χ3n) is 3.35. The van der Waals surface area contributed by atoms with Gasteiger partial charge in [-0.2, -0.15) is 0 Å². The number of aliphatic carboxylic acids is 1. The van der Waals surface area contributed by atoms with E-state index in [-0.39, 0.29) is 29.8 Å². The van der Waals surface area contributed by atoms with Crippen molar-refractivity contribution < 1.29 is 23.8 Å². The van der Waals surface area contributed by atoms with Gasteiger partial charge in [-0.15, -0.1) is 0 Å². The molecule has 1 atom stereocenters. The number of rotatable bonds is 5. The highest BCUT2D eigenvalue weighted by Crippen LogP contribution is 2.23. The molecule has 0 radical (unpaired) electrons. The summed E-state index contributed by atoms with van der Waals surface area (Å²) in [5, 5.41) is 11.7. The minimum atomic E-state index is -0.981. The Morgan fingerprint density at radius 2 is 2.24 bits per heavy atom. The molecule has 0 saturated carbocycles. The SMILES string of the molecule is O=C(O)CC1(NC(=O)Cc2ccc(F)c(Br)c2)CCOC1. The first kappa shape index (κ1) is 15.9. The van der Waals surface area contributed by atoms with Crippen LogP contribution in [-0.4, -0.2) is 35.7 Å². The molecular formula is C14H15BrFNO4. The molecule has 5 nitrogen and oxygen atoms in total. The topological polar surface area (TPSA) is 75.6 Å². The van der Waals surface area contributed by atoms with Crippen LogP contribution < -0.4 is 5.32 Å². The molecule has 0 aliphatic carbocycles. The number of hydrogen-bond acceptors (Lipinski definition) is 3. The van der Waals surface area contributed by atoms with Crippen LogP contribution in [0.2, 0.25) is 0 Å². The second kappa shape index (κ2) is 6.53. The predicted octanol–water partition coefficient (Wildman–Crippen LogP) is 1.88. The molecule has 1 aromatic rings. The number of carbonyl (C=O) groups is 2. The summed E-state index contributed by atoms with van der Waals surface area (Å²) in [6, 6.07) is 4.33. The van der Waals surface area contributed by atoms with Gasteiger partial charge in [0.05, 0.1) is 29.5 Å². The van der Waals surface area contributed by atoms with E-state index in [1.165, 1.54) is 18.2 Å². The number of carbonyl (C=O) groups excluding carboxylic acids is 1. The molecule has 2 N–H and O–H groups in total. The molecule has 1 unspecified atom stereocenters. The normalized spacial score (nSPS) is 21.2. The quantitative estimate of drug-likeness (QED) is 0.841. The van der Waals surface area contributed by atoms with Crippen molar-refractivity contribution in [3.05, 3.63) is 34.1 Å². The third kappa shape index (κ3) is 4.25. The summed E-state index contributed by atoms with van der Waals surface area (Å²) in [5.41, 5.74) is -0.203. The van der Waals surface area contributed by atoms with Gasteiger partial charge in [-0.25, -0.2) is 4.39 Å². The highest BCUT2D eigenvalue weighted by atomic mass is 79.9. The zero-order valence-electron chi connectivity index (χ0n) is 11.2. The molecule has 2 rings (SSSR count). The van der Waals surface area contributed by atoms with Gasteiger partial charge >= 0.3 is 5.97 Å². The van der Waals surface area contributed by atoms with E-state index in [4.69, 9.17) is 9.84 Å². The predicted molar refractivity (Wildman–Crippen MR) is 76.4 cm³/mol. The first-order valence-electron chi connectivity index (χ1n) is 6.45. The lowest BCUT2D eigenvalue weighted by atomic mass is 9.94. The summed E-state index contributed by atoms with van der Waals surface area (Å²) >= 11 is 3.06. The van der Waals surface area contributed by atoms with Crippen molar-refractivity contribution in [2.24, 2.45) is 0 Å². The van der Waals surface area contributed by atoms with Crippen molar-refractivity contribution in [1.82, 2.24) is 5.32 Å². The Morgan fingerprint density at radius 3 is 2.81 bits per heavy atom. The fraction of sp³-hybridized carbons (Fsp3) is 0.429. The Balaban J connectivity index is 2.02. The van der Waals surface area contributed by atoms with Crippen molar-refractivity contribution in [2.45, 2.75) is 24.8 Å². The Labute approximate surface area is 129 Å². The number of carboxylic acids is 1. The average molecular weight is 360 g/mol. The summed E-state index contributed by atoms with van der Waals surface area (Å²) in [6.45, 7) is 0.619. The zero-order chi connectivity index (χ0) is 15.5. The summed E-state index contributed by atoms with van der Waals surface area (Å²) < 4.78 is 18.6. The first-order chi connectivity index (χ1) is 9.90. The van der Waals surface area contributed by atoms with Gasteiger partial charge in [0.2, 0.25) is 5.91 Å². The Bertz CT molecular complexity index is 558. The molecule has 114 valence electrons. The molecule has 1 aliphatic rings. The summed E-state index contributed by atoms with van der Waals surface area (Å²) in [6.07, 6.45) is 0.351. The number of halogens is 2. The summed E-state index contributed by atoms with van der Waals surface area (Å²) in [7, 11) is 0. The van der Waals surface area contributed by atoms with Crippen LogP contribution in [0.3, 0.4) is 0 Å². The Morgan fingerprint density at radius 1 is 1.48 bits per heavy atom. The van der Waals surface area contributed by atoms with Gasteiger partial charge in [-0.05, 0) is 40.0 Å². The maximum Gasteiger partial charge on any atom is 0.305 e. The van der Waals surface area contributed by atoms with Crippen LogP contribution >= 0.6 is 15.9 Å². The molecule has 21 heavy (non-hydrogen) atoms. The molecular weight excluding hydrogens is 345 g/mol. The lowest BCUT2D eigenvalue weighted by Crippen LogP contribution is -2.51. The van der Waals surface area contributed by atoms with Crippen molar-refractivity contribution >= 4 is 27.8 Å². The maximum absolute atomic E-state index is 13.1. The van der Waals surface area contributed by atoms with Gasteiger partial charge < -0.3 is 15.2 Å². The van der Waals surface area contributed by atoms with Crippen LogP contribution in [0.15, 0.2) is 22.7 Å². The van der Waals surface area contributed by atoms with Crippen LogP contribution in [0.5, 0.6) is 0 Å². The number of benzene rings is 1. The molecule has 7 heteroatoms. The van der Waals surface area contributed by atoms with Crippen molar-refractivity contribution in [1.29, 1.82) is 0 Å². The van der Waals surface area contributed by atoms with Crippen molar-refractivity contribution in [3.8, 4) is 0 Å². The van der Waals surface area contributed by atoms with Gasteiger partial charge in [0, 0.05) is 6.61 Å². The summed E-state index contributed by atoms with van der Waals surface area (Å²) in [4.78, 5) is 23.0. The second-order valence-electron chi connectivity index (χ2n) is 5.13. The third-order valence-corrected chi connectivity index (χ3v) is 3.95. The number of amides is 1. The average Bonchev–Trinajstić information content (AvgIpc) is 2.80. The lowest BCUT2D eigenvalue weighted by Gasteiger charge is -2.27. The molecule has 1 fully saturated rings. The standard InChI is InChI=1S/C14H15BrFNO4/c15-10-5-9(1-2-11(10)16)6-12(18)17-14(7-13(19)20)3-4-21-8-14/h1-2,5H,3-4,6-8H2,(H,17,18)(H,19,20). The number of carboxylic acid groups (broad SMARTS) is 1. The van der Waals surface area contributed by atoms with Crippen LogP contribution in [0.4, 0.5) is 4.39 Å². The second-order valence-corrected chi connectivity index (χ2v) is 5.98. The zero-order valence-corrected chi connectivity index (χ0v) is 12.8. The van der Waals surface area contributed by atoms with Crippen molar-refractivity contribution in [2.75, 3.05) is 13.2 Å². The van der Waals surface area contributed by atoms with Gasteiger partial charge in [0.25, 0.3) is 0 Å². The number of nitrogens with one attached hydrogen (secondary N) is 1. The molecule has 1 aliphatic heterocycles. The maximum atomic E-state index is 13.1. The van der Waals surface area contributed by atoms with E-state index >= 15 is 0 Å². The van der Waals surface area contributed by atoms with Gasteiger partial charge in [-0.1, -0.05) is 6.07 Å². The van der Waals surface area contributed by atoms with E-state index < -0.39 is 17.3 Å². The molecule has 1 heterocycles. The van der Waals surface area contributed by atoms with Crippen LogP contribution in [-0.2, 0) is 20.7 Å². The van der Waals surface area contributed by atoms with E-state index in [1.54, 1.807) is 0 Å².